The number of hydrogen-bond acceptors (Lipinski definition) is 8. The lowest BCUT2D eigenvalue weighted by Gasteiger charge is -2.27. The first-order valence-corrected chi connectivity index (χ1v) is 15.2. The minimum absolute atomic E-state index is 0.187. The average Bonchev–Trinajstić information content (AvgIpc) is 3.56. The molecular formula is C32H31BrN2O6S. The zero-order valence-corrected chi connectivity index (χ0v) is 26.4. The number of benzene rings is 2. The summed E-state index contributed by atoms with van der Waals surface area (Å²) < 4.78 is 25.7. The summed E-state index contributed by atoms with van der Waals surface area (Å²) in [4.78, 5) is 32.9. The number of aromatic nitrogens is 1. The van der Waals surface area contributed by atoms with Gasteiger partial charge in [-0.15, -0.1) is 0 Å². The molecule has 5 rings (SSSR count). The van der Waals surface area contributed by atoms with Crippen molar-refractivity contribution >= 4 is 39.3 Å². The molecule has 3 heterocycles. The van der Waals surface area contributed by atoms with Crippen LogP contribution in [-0.4, -0.2) is 31.4 Å². The minimum atomic E-state index is -0.829. The Kier molecular flexibility index (Phi) is 8.84. The zero-order valence-electron chi connectivity index (χ0n) is 24.0. The van der Waals surface area contributed by atoms with Gasteiger partial charge in [-0.1, -0.05) is 46.7 Å². The van der Waals surface area contributed by atoms with E-state index in [1.54, 1.807) is 50.0 Å². The maximum absolute atomic E-state index is 14.1. The molecule has 0 fully saturated rings. The smallest absolute Gasteiger partial charge is 0.338 e. The van der Waals surface area contributed by atoms with Crippen molar-refractivity contribution in [1.29, 1.82) is 0 Å². The molecule has 0 radical (unpaired) electrons. The number of thiazole rings is 1. The summed E-state index contributed by atoms with van der Waals surface area (Å²) in [6, 6.07) is 14.2. The van der Waals surface area contributed by atoms with E-state index in [0.29, 0.717) is 55.6 Å². The van der Waals surface area contributed by atoms with Gasteiger partial charge in [-0.2, -0.15) is 0 Å². The van der Waals surface area contributed by atoms with E-state index >= 15 is 0 Å². The predicted molar refractivity (Wildman–Crippen MR) is 166 cm³/mol. The second-order valence-corrected chi connectivity index (χ2v) is 11.6. The molecule has 0 amide bonds. The van der Waals surface area contributed by atoms with Gasteiger partial charge < -0.3 is 18.6 Å². The summed E-state index contributed by atoms with van der Waals surface area (Å²) in [5.41, 5.74) is 3.23. The summed E-state index contributed by atoms with van der Waals surface area (Å²) in [6.45, 7) is 5.98. The third-order valence-electron chi connectivity index (χ3n) is 6.91. The van der Waals surface area contributed by atoms with Crippen molar-refractivity contribution in [3.05, 3.63) is 101 Å². The number of allylic oxidation sites excluding steroid dienone is 1. The van der Waals surface area contributed by atoms with E-state index in [1.807, 2.05) is 44.2 Å². The Balaban J connectivity index is 1.72. The lowest BCUT2D eigenvalue weighted by atomic mass is 9.93. The van der Waals surface area contributed by atoms with Crippen molar-refractivity contribution in [2.24, 2.45) is 4.99 Å². The van der Waals surface area contributed by atoms with Crippen molar-refractivity contribution in [2.45, 2.75) is 39.7 Å². The van der Waals surface area contributed by atoms with E-state index in [-0.39, 0.29) is 12.2 Å². The molecule has 0 spiro atoms. The van der Waals surface area contributed by atoms with Crippen LogP contribution in [-0.2, 0) is 9.53 Å². The molecule has 10 heteroatoms. The van der Waals surface area contributed by atoms with E-state index in [0.717, 1.165) is 22.0 Å². The molecule has 2 aromatic carbocycles. The number of carbonyl (C=O) groups excluding carboxylic acids is 1. The first-order valence-electron chi connectivity index (χ1n) is 13.6. The van der Waals surface area contributed by atoms with Crippen LogP contribution in [0.3, 0.4) is 0 Å². The third kappa shape index (κ3) is 5.61. The number of hydrogen-bond donors (Lipinski definition) is 0. The Morgan fingerprint density at radius 1 is 1.12 bits per heavy atom. The highest BCUT2D eigenvalue weighted by atomic mass is 79.9. The third-order valence-corrected chi connectivity index (χ3v) is 8.55. The van der Waals surface area contributed by atoms with Gasteiger partial charge in [0.2, 0.25) is 0 Å². The van der Waals surface area contributed by atoms with E-state index in [2.05, 4.69) is 15.9 Å². The average molecular weight is 652 g/mol. The van der Waals surface area contributed by atoms with Crippen LogP contribution in [0.5, 0.6) is 11.5 Å². The fourth-order valence-corrected chi connectivity index (χ4v) is 6.68. The molecule has 1 aliphatic heterocycles. The number of halogens is 1. The molecule has 218 valence electrons. The van der Waals surface area contributed by atoms with Crippen LogP contribution in [0.1, 0.15) is 49.6 Å². The molecule has 0 aliphatic carbocycles. The molecule has 2 aromatic heterocycles. The molecule has 8 nitrogen and oxygen atoms in total. The van der Waals surface area contributed by atoms with Crippen LogP contribution < -0.4 is 24.4 Å². The van der Waals surface area contributed by atoms with Gasteiger partial charge in [-0.05, 0) is 68.3 Å². The summed E-state index contributed by atoms with van der Waals surface area (Å²) in [5.74, 6) is 1.75. The maximum atomic E-state index is 14.1. The lowest BCUT2D eigenvalue weighted by Crippen LogP contribution is -2.40. The van der Waals surface area contributed by atoms with Crippen molar-refractivity contribution in [3.8, 4) is 22.8 Å². The molecule has 0 unspecified atom stereocenters. The topological polar surface area (TPSA) is 92.3 Å². The minimum Gasteiger partial charge on any atom is -0.497 e. The highest BCUT2D eigenvalue weighted by molar-refractivity contribution is 9.10. The highest BCUT2D eigenvalue weighted by Gasteiger charge is 2.36. The fraction of sp³-hybridized carbons (Fsp3) is 0.281. The van der Waals surface area contributed by atoms with Gasteiger partial charge in [0.1, 0.15) is 29.1 Å². The van der Waals surface area contributed by atoms with Gasteiger partial charge in [0.15, 0.2) is 4.80 Å². The number of esters is 1. The second-order valence-electron chi connectivity index (χ2n) is 9.71. The molecule has 0 N–H and O–H groups in total. The molecular weight excluding hydrogens is 620 g/mol. The Morgan fingerprint density at radius 2 is 1.93 bits per heavy atom. The fourth-order valence-electron chi connectivity index (χ4n) is 4.99. The zero-order chi connectivity index (χ0) is 30.0. The Morgan fingerprint density at radius 3 is 2.62 bits per heavy atom. The van der Waals surface area contributed by atoms with Crippen molar-refractivity contribution < 1.29 is 23.4 Å². The summed E-state index contributed by atoms with van der Waals surface area (Å²) in [5, 5.41) is 0. The number of carbonyl (C=O) groups is 1. The van der Waals surface area contributed by atoms with Crippen molar-refractivity contribution in [3.63, 3.8) is 0 Å². The first kappa shape index (κ1) is 29.6. The van der Waals surface area contributed by atoms with E-state index < -0.39 is 12.0 Å². The first-order chi connectivity index (χ1) is 20.3. The summed E-state index contributed by atoms with van der Waals surface area (Å²) in [6.07, 6.45) is 3.00. The normalized spacial score (nSPS) is 14.9. The number of fused-ring (bicyclic) bond motifs is 1. The van der Waals surface area contributed by atoms with Crippen LogP contribution >= 0.6 is 27.3 Å². The summed E-state index contributed by atoms with van der Waals surface area (Å²) >= 11 is 4.86. The number of rotatable bonds is 9. The number of nitrogens with zero attached hydrogens (tertiary/aromatic N) is 2. The molecule has 4 aromatic rings. The van der Waals surface area contributed by atoms with Crippen LogP contribution in [0, 0.1) is 6.92 Å². The number of furan rings is 1. The number of aryl methyl sites for hydroxylation is 1. The Labute approximate surface area is 255 Å². The van der Waals surface area contributed by atoms with Crippen LogP contribution in [0.2, 0.25) is 0 Å². The number of ether oxygens (including phenoxy) is 3. The van der Waals surface area contributed by atoms with E-state index in [1.165, 1.54) is 11.3 Å². The second kappa shape index (κ2) is 12.5. The van der Waals surface area contributed by atoms with Crippen LogP contribution in [0.25, 0.3) is 17.4 Å². The number of methoxy groups -OCH3 is 2. The van der Waals surface area contributed by atoms with Gasteiger partial charge in [-0.3, -0.25) is 9.36 Å². The predicted octanol–water partition coefficient (Wildman–Crippen LogP) is 5.93. The van der Waals surface area contributed by atoms with Gasteiger partial charge in [0.25, 0.3) is 5.56 Å². The van der Waals surface area contributed by atoms with E-state index in [4.69, 9.17) is 23.6 Å². The summed E-state index contributed by atoms with van der Waals surface area (Å²) in [7, 11) is 3.12. The SMILES string of the molecule is CCCC1=C(C(=O)OCC)[C@H](c2cc(OC)ccc2OC)n2c(s/c(=C\c3ccc(-c4ccc(C)cc4Br)o3)c2=O)=N1. The maximum Gasteiger partial charge on any atom is 0.338 e. The highest BCUT2D eigenvalue weighted by Crippen LogP contribution is 2.39. The molecule has 0 saturated heterocycles. The van der Waals surface area contributed by atoms with Crippen molar-refractivity contribution in [2.75, 3.05) is 20.8 Å². The van der Waals surface area contributed by atoms with Gasteiger partial charge in [0, 0.05) is 21.7 Å². The lowest BCUT2D eigenvalue weighted by molar-refractivity contribution is -0.139. The monoisotopic (exact) mass is 650 g/mol. The van der Waals surface area contributed by atoms with Crippen LogP contribution in [0.15, 0.2) is 78.5 Å². The van der Waals surface area contributed by atoms with Gasteiger partial charge in [0.05, 0.1) is 36.6 Å². The van der Waals surface area contributed by atoms with E-state index in [9.17, 15) is 9.59 Å². The van der Waals surface area contributed by atoms with Crippen molar-refractivity contribution in [1.82, 2.24) is 4.57 Å². The van der Waals surface area contributed by atoms with Gasteiger partial charge in [-0.25, -0.2) is 9.79 Å². The molecule has 1 aliphatic rings. The Hall–Kier alpha value is -3.89. The largest absolute Gasteiger partial charge is 0.497 e. The van der Waals surface area contributed by atoms with Crippen LogP contribution in [0.4, 0.5) is 0 Å². The standard InChI is InChI=1S/C32H31BrN2O6S/c1-6-8-24-28(31(37)40-7-2)29(22-16-19(38-4)10-13-25(22)39-5)35-30(36)27(42-32(35)34-24)17-20-11-14-26(41-20)21-12-9-18(3)15-23(21)33/h9-17,29H,6-8H2,1-5H3/b27-17-/t29-/m0/s1. The van der Waals surface area contributed by atoms with Gasteiger partial charge >= 0.3 is 5.97 Å². The molecule has 1 atom stereocenters. The quantitative estimate of drug-likeness (QED) is 0.209. The molecule has 0 bridgehead atoms. The Bertz CT molecular complexity index is 1870. The molecule has 0 saturated carbocycles. The molecule has 42 heavy (non-hydrogen) atoms.